The third-order valence-corrected chi connectivity index (χ3v) is 0.908. The zero-order chi connectivity index (χ0) is 9.98. The van der Waals surface area contributed by atoms with Gasteiger partial charge in [0.2, 0.25) is 0 Å². The number of Topliss-reactive ketones (excluding diaryl/α,β-unsaturated/α-hetero) is 1. The molecule has 0 heterocycles. The van der Waals surface area contributed by atoms with Crippen molar-refractivity contribution in [1.82, 2.24) is 0 Å². The Morgan fingerprint density at radius 2 is 1.92 bits per heavy atom. The van der Waals surface area contributed by atoms with Crippen LogP contribution < -0.4 is 0 Å². The monoisotopic (exact) mass is 196 g/mol. The fourth-order valence-electron chi connectivity index (χ4n) is 0.410. The van der Waals surface area contributed by atoms with Crippen LogP contribution in [0.1, 0.15) is 26.2 Å². The second-order valence-electron chi connectivity index (χ2n) is 1.93. The molecule has 6 heteroatoms. The van der Waals surface area contributed by atoms with Crippen molar-refractivity contribution in [2.45, 2.75) is 26.2 Å². The molecule has 12 heavy (non-hydrogen) atoms. The summed E-state index contributed by atoms with van der Waals surface area (Å²) < 4.78 is 24.2. The largest absolute Gasteiger partial charge is 0.295 e. The molecule has 72 valence electrons. The van der Waals surface area contributed by atoms with Gasteiger partial charge in [-0.2, -0.15) is 0 Å². The standard InChI is InChI=1S/C6H10O2.H2O3S/c1-2-3-4-6(8)5-7;1-4(2)3/h5H,2-4H2,1H3;4H,(H,1,2,3). The maximum atomic E-state index is 10.2. The number of rotatable bonds is 4. The van der Waals surface area contributed by atoms with Gasteiger partial charge in [-0.1, -0.05) is 13.3 Å². The van der Waals surface area contributed by atoms with Crippen LogP contribution in [0, 0.1) is 0 Å². The number of carbonyl (C=O) groups excluding carboxylic acids is 2. The predicted octanol–water partition coefficient (Wildman–Crippen LogP) is 0.0154. The van der Waals surface area contributed by atoms with Gasteiger partial charge in [0, 0.05) is 6.42 Å². The maximum absolute atomic E-state index is 10.2. The van der Waals surface area contributed by atoms with E-state index in [9.17, 15) is 9.59 Å². The molecule has 0 atom stereocenters. The molecule has 0 aliphatic carbocycles. The van der Waals surface area contributed by atoms with Gasteiger partial charge in [0.25, 0.3) is 11.0 Å². The van der Waals surface area contributed by atoms with Crippen LogP contribution in [0.25, 0.3) is 0 Å². The highest BCUT2D eigenvalue weighted by Gasteiger charge is 1.94. The first kappa shape index (κ1) is 13.8. The van der Waals surface area contributed by atoms with Gasteiger partial charge in [0.1, 0.15) is 0 Å². The number of unbranched alkanes of at least 4 members (excludes halogenated alkanes) is 1. The van der Waals surface area contributed by atoms with Crippen LogP contribution in [-0.2, 0) is 20.6 Å². The topological polar surface area (TPSA) is 88.5 Å². The van der Waals surface area contributed by atoms with Crippen molar-refractivity contribution in [3.05, 3.63) is 0 Å². The lowest BCUT2D eigenvalue weighted by Gasteiger charge is -1.85. The normalized spacial score (nSPS) is 8.58. The molecule has 0 fully saturated rings. The van der Waals surface area contributed by atoms with Crippen LogP contribution in [0.5, 0.6) is 0 Å². The summed E-state index contributed by atoms with van der Waals surface area (Å²) in [6.07, 6.45) is 2.60. The van der Waals surface area contributed by atoms with E-state index < -0.39 is 11.0 Å². The zero-order valence-corrected chi connectivity index (χ0v) is 7.62. The Morgan fingerprint density at radius 3 is 2.17 bits per heavy atom. The molecule has 0 aliphatic rings. The van der Waals surface area contributed by atoms with E-state index in [4.69, 9.17) is 13.0 Å². The van der Waals surface area contributed by atoms with E-state index in [2.05, 4.69) is 0 Å². The van der Waals surface area contributed by atoms with Gasteiger partial charge in [-0.15, -0.1) is 0 Å². The molecule has 0 unspecified atom stereocenters. The molecule has 0 rings (SSSR count). The van der Waals surface area contributed by atoms with E-state index in [0.29, 0.717) is 12.7 Å². The Kier molecular flexibility index (Phi) is 11.8. The van der Waals surface area contributed by atoms with Gasteiger partial charge in [-0.05, 0) is 6.42 Å². The van der Waals surface area contributed by atoms with Crippen LogP contribution in [0.15, 0.2) is 0 Å². The minimum atomic E-state index is -3.12. The average Bonchev–Trinajstić information content (AvgIpc) is 1.99. The van der Waals surface area contributed by atoms with Crippen molar-refractivity contribution in [1.29, 1.82) is 0 Å². The van der Waals surface area contributed by atoms with Crippen LogP contribution in [0.3, 0.4) is 0 Å². The summed E-state index contributed by atoms with van der Waals surface area (Å²) >= 11 is 0. The molecule has 0 aromatic carbocycles. The SMILES string of the molecule is CCCCC(=O)C=O.O=[SH](=O)O. The Morgan fingerprint density at radius 1 is 1.50 bits per heavy atom. The Bertz CT molecular complexity index is 188. The van der Waals surface area contributed by atoms with Gasteiger partial charge in [0.15, 0.2) is 12.1 Å². The lowest BCUT2D eigenvalue weighted by atomic mass is 10.2. The van der Waals surface area contributed by atoms with Crippen molar-refractivity contribution in [3.8, 4) is 0 Å². The van der Waals surface area contributed by atoms with E-state index >= 15 is 0 Å². The highest BCUT2D eigenvalue weighted by molar-refractivity contribution is 7.66. The molecule has 0 aromatic heterocycles. The van der Waals surface area contributed by atoms with Crippen LogP contribution >= 0.6 is 0 Å². The highest BCUT2D eigenvalue weighted by Crippen LogP contribution is 1.91. The Labute approximate surface area is 72.6 Å². The van der Waals surface area contributed by atoms with Gasteiger partial charge in [0.05, 0.1) is 0 Å². The molecule has 0 bridgehead atoms. The maximum Gasteiger partial charge on any atom is 0.254 e. The number of thiol groups is 1. The molecule has 0 amide bonds. The smallest absolute Gasteiger partial charge is 0.254 e. The summed E-state index contributed by atoms with van der Waals surface area (Å²) in [6.45, 7) is 1.98. The summed E-state index contributed by atoms with van der Waals surface area (Å²) in [5.41, 5.74) is 0. The predicted molar refractivity (Wildman–Crippen MR) is 43.5 cm³/mol. The molecule has 0 aliphatic heterocycles. The minimum Gasteiger partial charge on any atom is -0.295 e. The Balaban J connectivity index is 0. The second kappa shape index (κ2) is 10.2. The molecule has 1 N–H and O–H groups in total. The third-order valence-electron chi connectivity index (χ3n) is 0.908. The summed E-state index contributed by atoms with van der Waals surface area (Å²) in [5, 5.41) is 0. The summed E-state index contributed by atoms with van der Waals surface area (Å²) in [7, 11) is -3.12. The molecular formula is C6H12O5S. The molecule has 0 radical (unpaired) electrons. The van der Waals surface area contributed by atoms with Gasteiger partial charge in [-0.25, -0.2) is 8.42 Å². The van der Waals surface area contributed by atoms with Crippen LogP contribution in [0.2, 0.25) is 0 Å². The van der Waals surface area contributed by atoms with Gasteiger partial charge in [-0.3, -0.25) is 14.1 Å². The Hall–Kier alpha value is -0.750. The second-order valence-corrected chi connectivity index (χ2v) is 2.40. The molecule has 0 saturated heterocycles. The van der Waals surface area contributed by atoms with Crippen molar-refractivity contribution in [2.75, 3.05) is 0 Å². The van der Waals surface area contributed by atoms with Crippen molar-refractivity contribution < 1.29 is 22.6 Å². The zero-order valence-electron chi connectivity index (χ0n) is 6.73. The fourth-order valence-corrected chi connectivity index (χ4v) is 0.410. The van der Waals surface area contributed by atoms with Gasteiger partial charge < -0.3 is 0 Å². The number of carbonyl (C=O) groups is 2. The molecule has 5 nitrogen and oxygen atoms in total. The summed E-state index contributed by atoms with van der Waals surface area (Å²) in [4.78, 5) is 19.9. The average molecular weight is 196 g/mol. The van der Waals surface area contributed by atoms with Crippen LogP contribution in [-0.4, -0.2) is 25.0 Å². The van der Waals surface area contributed by atoms with Crippen LogP contribution in [0.4, 0.5) is 0 Å². The first-order valence-electron chi connectivity index (χ1n) is 3.35. The van der Waals surface area contributed by atoms with Gasteiger partial charge >= 0.3 is 0 Å². The van der Waals surface area contributed by atoms with Crippen molar-refractivity contribution >= 4 is 23.1 Å². The number of ketones is 1. The fraction of sp³-hybridized carbons (Fsp3) is 0.667. The molecule has 0 saturated carbocycles. The van der Waals surface area contributed by atoms with E-state index in [1.165, 1.54) is 0 Å². The van der Waals surface area contributed by atoms with E-state index in [-0.39, 0.29) is 5.78 Å². The van der Waals surface area contributed by atoms with Crippen molar-refractivity contribution in [3.63, 3.8) is 0 Å². The summed E-state index contributed by atoms with van der Waals surface area (Å²) in [5.74, 6) is -0.285. The van der Waals surface area contributed by atoms with E-state index in [1.807, 2.05) is 6.92 Å². The van der Waals surface area contributed by atoms with Crippen molar-refractivity contribution in [2.24, 2.45) is 0 Å². The number of hydrogen-bond donors (Lipinski definition) is 2. The number of hydrogen-bond acceptors (Lipinski definition) is 4. The number of aldehydes is 1. The first-order valence-corrected chi connectivity index (χ1v) is 4.48. The minimum absolute atomic E-state index is 0.285. The first-order chi connectivity index (χ1) is 5.54. The highest BCUT2D eigenvalue weighted by atomic mass is 32.2. The van der Waals surface area contributed by atoms with E-state index in [1.54, 1.807) is 0 Å². The van der Waals surface area contributed by atoms with E-state index in [0.717, 1.165) is 12.8 Å². The third kappa shape index (κ3) is 22.8. The quantitative estimate of drug-likeness (QED) is 0.286. The lowest BCUT2D eigenvalue weighted by molar-refractivity contribution is -0.129. The molecule has 0 spiro atoms. The lowest BCUT2D eigenvalue weighted by Crippen LogP contribution is -1.96. The molecular weight excluding hydrogens is 184 g/mol. The summed E-state index contributed by atoms with van der Waals surface area (Å²) in [6, 6.07) is 0. The molecule has 0 aromatic rings.